The fourth-order valence-electron chi connectivity index (χ4n) is 3.05. The second kappa shape index (κ2) is 7.17. The largest absolute Gasteiger partial charge is 0.381 e. The molecule has 0 aromatic carbocycles. The molecule has 2 aliphatic rings. The normalized spacial score (nSPS) is 24.4. The highest BCUT2D eigenvalue weighted by Gasteiger charge is 2.34. The molecule has 0 unspecified atom stereocenters. The smallest absolute Gasteiger partial charge is 0.281 e. The minimum atomic E-state index is -3.31. The lowest BCUT2D eigenvalue weighted by Crippen LogP contribution is -2.50. The van der Waals surface area contributed by atoms with Crippen molar-refractivity contribution in [2.75, 3.05) is 46.9 Å². The molecule has 1 N–H and O–H groups in total. The third-order valence-electron chi connectivity index (χ3n) is 4.46. The van der Waals surface area contributed by atoms with Gasteiger partial charge >= 0.3 is 0 Å². The number of rotatable bonds is 5. The van der Waals surface area contributed by atoms with Crippen LogP contribution in [-0.4, -0.2) is 70.0 Å². The van der Waals surface area contributed by atoms with Crippen LogP contribution in [0.1, 0.15) is 25.7 Å². The molecule has 7 heteroatoms. The zero-order valence-electron chi connectivity index (χ0n) is 12.5. The first-order chi connectivity index (χ1) is 9.55. The van der Waals surface area contributed by atoms with Gasteiger partial charge in [-0.25, -0.2) is 0 Å². The predicted octanol–water partition coefficient (Wildman–Crippen LogP) is 0.273. The first-order valence-corrected chi connectivity index (χ1v) is 8.91. The van der Waals surface area contributed by atoms with Gasteiger partial charge in [-0.2, -0.15) is 17.0 Å². The molecule has 0 amide bonds. The van der Waals surface area contributed by atoms with Gasteiger partial charge in [0.15, 0.2) is 0 Å². The van der Waals surface area contributed by atoms with E-state index in [1.165, 1.54) is 0 Å². The van der Waals surface area contributed by atoms with E-state index in [1.807, 2.05) is 7.05 Å². The van der Waals surface area contributed by atoms with Crippen LogP contribution in [0, 0.1) is 5.92 Å². The molecular formula is C13H27N3O3S. The van der Waals surface area contributed by atoms with Crippen LogP contribution in [0.5, 0.6) is 0 Å². The fraction of sp³-hybridized carbons (Fsp3) is 1.00. The molecule has 2 saturated heterocycles. The molecule has 0 aromatic heterocycles. The summed E-state index contributed by atoms with van der Waals surface area (Å²) in [5.41, 5.74) is 0. The molecule has 20 heavy (non-hydrogen) atoms. The summed E-state index contributed by atoms with van der Waals surface area (Å²) < 4.78 is 33.8. The zero-order chi connectivity index (χ0) is 14.6. The Balaban J connectivity index is 1.93. The van der Waals surface area contributed by atoms with E-state index >= 15 is 0 Å². The van der Waals surface area contributed by atoms with E-state index in [0.717, 1.165) is 32.2 Å². The van der Waals surface area contributed by atoms with Crippen molar-refractivity contribution in [2.45, 2.75) is 31.7 Å². The Hall–Kier alpha value is -0.210. The number of nitrogens with one attached hydrogen (secondary N) is 1. The zero-order valence-corrected chi connectivity index (χ0v) is 13.4. The summed E-state index contributed by atoms with van der Waals surface area (Å²) in [5.74, 6) is 0.597. The summed E-state index contributed by atoms with van der Waals surface area (Å²) in [6.07, 6.45) is 3.49. The maximum absolute atomic E-state index is 12.6. The van der Waals surface area contributed by atoms with E-state index in [0.29, 0.717) is 32.2 Å². The van der Waals surface area contributed by atoms with E-state index < -0.39 is 10.2 Å². The molecular weight excluding hydrogens is 278 g/mol. The summed E-state index contributed by atoms with van der Waals surface area (Å²) in [5, 5.41) is 3.17. The maximum atomic E-state index is 12.6. The molecule has 6 nitrogen and oxygen atoms in total. The van der Waals surface area contributed by atoms with Gasteiger partial charge in [0.1, 0.15) is 0 Å². The molecule has 2 fully saturated rings. The van der Waals surface area contributed by atoms with Gasteiger partial charge in [-0.15, -0.1) is 0 Å². The van der Waals surface area contributed by atoms with Crippen molar-refractivity contribution in [1.82, 2.24) is 13.9 Å². The third-order valence-corrected chi connectivity index (χ3v) is 6.51. The number of ether oxygens (including phenoxy) is 1. The van der Waals surface area contributed by atoms with E-state index in [9.17, 15) is 8.42 Å². The minimum Gasteiger partial charge on any atom is -0.381 e. The van der Waals surface area contributed by atoms with Gasteiger partial charge in [-0.1, -0.05) is 0 Å². The standard InChI is InChI=1S/C13H27N3O3S/c1-14-11-12-3-7-16(8-4-12)20(17,18)15(2)13-5-9-19-10-6-13/h12-14H,3-11H2,1-2H3. The highest BCUT2D eigenvalue weighted by Crippen LogP contribution is 2.23. The van der Waals surface area contributed by atoms with E-state index in [-0.39, 0.29) is 6.04 Å². The van der Waals surface area contributed by atoms with Crippen LogP contribution < -0.4 is 5.32 Å². The molecule has 0 atom stereocenters. The SMILES string of the molecule is CNCC1CCN(S(=O)(=O)N(C)C2CCOCC2)CC1. The predicted molar refractivity (Wildman–Crippen MR) is 78.7 cm³/mol. The van der Waals surface area contributed by atoms with Crippen LogP contribution in [0.2, 0.25) is 0 Å². The van der Waals surface area contributed by atoms with Crippen LogP contribution in [0.4, 0.5) is 0 Å². The van der Waals surface area contributed by atoms with Gasteiger partial charge in [-0.3, -0.25) is 0 Å². The van der Waals surface area contributed by atoms with Gasteiger partial charge in [0.05, 0.1) is 0 Å². The van der Waals surface area contributed by atoms with Gasteiger partial charge in [0.25, 0.3) is 10.2 Å². The van der Waals surface area contributed by atoms with Gasteiger partial charge < -0.3 is 10.1 Å². The molecule has 0 aliphatic carbocycles. The molecule has 2 heterocycles. The van der Waals surface area contributed by atoms with Crippen LogP contribution in [0.3, 0.4) is 0 Å². The first-order valence-electron chi connectivity index (χ1n) is 7.51. The second-order valence-corrected chi connectivity index (χ2v) is 7.76. The summed E-state index contributed by atoms with van der Waals surface area (Å²) >= 11 is 0. The van der Waals surface area contributed by atoms with Crippen LogP contribution in [-0.2, 0) is 14.9 Å². The third kappa shape index (κ3) is 3.71. The lowest BCUT2D eigenvalue weighted by atomic mass is 9.98. The highest BCUT2D eigenvalue weighted by atomic mass is 32.2. The van der Waals surface area contributed by atoms with E-state index in [4.69, 9.17) is 4.74 Å². The van der Waals surface area contributed by atoms with E-state index in [2.05, 4.69) is 5.32 Å². The van der Waals surface area contributed by atoms with Gasteiger partial charge in [0, 0.05) is 39.4 Å². The van der Waals surface area contributed by atoms with Crippen LogP contribution in [0.25, 0.3) is 0 Å². The Morgan fingerprint density at radius 1 is 1.20 bits per heavy atom. The quantitative estimate of drug-likeness (QED) is 0.792. The lowest BCUT2D eigenvalue weighted by molar-refractivity contribution is 0.0614. The minimum absolute atomic E-state index is 0.0868. The summed E-state index contributed by atoms with van der Waals surface area (Å²) in [7, 11) is 0.350. The average Bonchev–Trinajstić information content (AvgIpc) is 2.48. The summed E-state index contributed by atoms with van der Waals surface area (Å²) in [6, 6.07) is 0.0868. The molecule has 0 saturated carbocycles. The van der Waals surface area contributed by atoms with Crippen molar-refractivity contribution in [3.05, 3.63) is 0 Å². The Labute approximate surface area is 122 Å². The Morgan fingerprint density at radius 3 is 2.35 bits per heavy atom. The van der Waals surface area contributed by atoms with Crippen molar-refractivity contribution in [1.29, 1.82) is 0 Å². The molecule has 2 aliphatic heterocycles. The fourth-order valence-corrected chi connectivity index (χ4v) is 4.68. The van der Waals surface area contributed by atoms with Gasteiger partial charge in [-0.05, 0) is 45.2 Å². The summed E-state index contributed by atoms with van der Waals surface area (Å²) in [4.78, 5) is 0. The van der Waals surface area contributed by atoms with E-state index in [1.54, 1.807) is 15.7 Å². The van der Waals surface area contributed by atoms with Crippen molar-refractivity contribution >= 4 is 10.2 Å². The van der Waals surface area contributed by atoms with Crippen molar-refractivity contribution in [3.8, 4) is 0 Å². The lowest BCUT2D eigenvalue weighted by Gasteiger charge is -2.37. The molecule has 0 bridgehead atoms. The van der Waals surface area contributed by atoms with Crippen molar-refractivity contribution in [2.24, 2.45) is 5.92 Å². The highest BCUT2D eigenvalue weighted by molar-refractivity contribution is 7.86. The Morgan fingerprint density at radius 2 is 1.80 bits per heavy atom. The molecule has 0 radical (unpaired) electrons. The maximum Gasteiger partial charge on any atom is 0.281 e. The monoisotopic (exact) mass is 305 g/mol. The molecule has 0 spiro atoms. The number of hydrogen-bond donors (Lipinski definition) is 1. The van der Waals surface area contributed by atoms with Crippen molar-refractivity contribution in [3.63, 3.8) is 0 Å². The van der Waals surface area contributed by atoms with Crippen molar-refractivity contribution < 1.29 is 13.2 Å². The topological polar surface area (TPSA) is 61.9 Å². The first kappa shape index (κ1) is 16.2. The Kier molecular flexibility index (Phi) is 5.80. The molecule has 118 valence electrons. The average molecular weight is 305 g/mol. The number of nitrogens with zero attached hydrogens (tertiary/aromatic N) is 2. The van der Waals surface area contributed by atoms with Gasteiger partial charge in [0.2, 0.25) is 0 Å². The molecule has 2 rings (SSSR count). The van der Waals surface area contributed by atoms with Crippen LogP contribution in [0.15, 0.2) is 0 Å². The number of piperidine rings is 1. The number of hydrogen-bond acceptors (Lipinski definition) is 4. The summed E-state index contributed by atoms with van der Waals surface area (Å²) in [6.45, 7) is 3.58. The molecule has 0 aromatic rings. The second-order valence-electron chi connectivity index (χ2n) is 5.77. The Bertz CT molecular complexity index is 388. The van der Waals surface area contributed by atoms with Crippen LogP contribution >= 0.6 is 0 Å².